The topological polar surface area (TPSA) is 29.3 Å². The molecule has 92 valence electrons. The zero-order valence-corrected chi connectivity index (χ0v) is 10.0. The van der Waals surface area contributed by atoms with Gasteiger partial charge in [-0.3, -0.25) is 4.90 Å². The van der Waals surface area contributed by atoms with Crippen LogP contribution in [0.25, 0.3) is 0 Å². The zero-order chi connectivity index (χ0) is 11.8. The Hall–Kier alpha value is -0.930. The van der Waals surface area contributed by atoms with E-state index in [1.54, 1.807) is 12.1 Å². The van der Waals surface area contributed by atoms with Crippen LogP contribution in [0.1, 0.15) is 30.0 Å². The van der Waals surface area contributed by atoms with Gasteiger partial charge in [0.1, 0.15) is 5.82 Å². The van der Waals surface area contributed by atoms with Crippen molar-refractivity contribution < 1.29 is 4.39 Å². The number of aryl methyl sites for hydroxylation is 1. The summed E-state index contributed by atoms with van der Waals surface area (Å²) in [6.45, 7) is 3.04. The summed E-state index contributed by atoms with van der Waals surface area (Å²) in [7, 11) is 0. The number of benzene rings is 1. The number of hydrogen-bond acceptors (Lipinski definition) is 2. The van der Waals surface area contributed by atoms with E-state index < -0.39 is 0 Å². The third-order valence-electron chi connectivity index (χ3n) is 4.24. The van der Waals surface area contributed by atoms with E-state index >= 15 is 0 Å². The highest BCUT2D eigenvalue weighted by Gasteiger charge is 2.32. The molecule has 17 heavy (non-hydrogen) atoms. The Bertz CT molecular complexity index is 419. The molecule has 0 saturated carbocycles. The van der Waals surface area contributed by atoms with E-state index in [2.05, 4.69) is 4.90 Å². The molecule has 2 unspecified atom stereocenters. The maximum Gasteiger partial charge on any atom is 0.123 e. The Morgan fingerprint density at radius 3 is 3.00 bits per heavy atom. The number of likely N-dealkylation sites (tertiary alicyclic amines) is 1. The molecule has 1 heterocycles. The van der Waals surface area contributed by atoms with Crippen molar-refractivity contribution in [3.8, 4) is 0 Å². The first kappa shape index (κ1) is 11.2. The van der Waals surface area contributed by atoms with E-state index in [-0.39, 0.29) is 5.82 Å². The van der Waals surface area contributed by atoms with Gasteiger partial charge in [-0.1, -0.05) is 6.07 Å². The molecular formula is C14H19FN2. The van der Waals surface area contributed by atoms with Gasteiger partial charge < -0.3 is 5.73 Å². The van der Waals surface area contributed by atoms with Gasteiger partial charge in [-0.05, 0) is 61.5 Å². The lowest BCUT2D eigenvalue weighted by Crippen LogP contribution is -2.26. The molecule has 0 aromatic heterocycles. The predicted molar refractivity (Wildman–Crippen MR) is 66.2 cm³/mol. The largest absolute Gasteiger partial charge is 0.330 e. The van der Waals surface area contributed by atoms with Crippen molar-refractivity contribution in [1.29, 1.82) is 0 Å². The van der Waals surface area contributed by atoms with E-state index in [1.807, 2.05) is 6.07 Å². The maximum atomic E-state index is 13.2. The Balaban J connectivity index is 1.80. The SMILES string of the molecule is NCC1CCN(C2CCc3cc(F)ccc32)C1. The number of halogens is 1. The predicted octanol–water partition coefficient (Wildman–Crippen LogP) is 2.09. The molecule has 0 amide bonds. The zero-order valence-electron chi connectivity index (χ0n) is 10.0. The molecule has 0 radical (unpaired) electrons. The highest BCUT2D eigenvalue weighted by molar-refractivity contribution is 5.35. The summed E-state index contributed by atoms with van der Waals surface area (Å²) in [5.41, 5.74) is 8.27. The lowest BCUT2D eigenvalue weighted by Gasteiger charge is -2.24. The lowest BCUT2D eigenvalue weighted by molar-refractivity contribution is 0.236. The van der Waals surface area contributed by atoms with Gasteiger partial charge >= 0.3 is 0 Å². The Kier molecular flexibility index (Phi) is 2.89. The highest BCUT2D eigenvalue weighted by Crippen LogP contribution is 2.38. The molecule has 2 nitrogen and oxygen atoms in total. The average molecular weight is 234 g/mol. The fourth-order valence-electron chi connectivity index (χ4n) is 3.28. The molecule has 1 fully saturated rings. The molecule has 2 N–H and O–H groups in total. The Morgan fingerprint density at radius 2 is 2.24 bits per heavy atom. The fraction of sp³-hybridized carbons (Fsp3) is 0.571. The normalized spacial score (nSPS) is 28.6. The smallest absolute Gasteiger partial charge is 0.123 e. The molecule has 0 bridgehead atoms. The number of fused-ring (bicyclic) bond motifs is 1. The van der Waals surface area contributed by atoms with Crippen molar-refractivity contribution in [1.82, 2.24) is 4.90 Å². The highest BCUT2D eigenvalue weighted by atomic mass is 19.1. The molecule has 3 rings (SSSR count). The standard InChI is InChI=1S/C14H19FN2/c15-12-2-3-13-11(7-12)1-4-14(13)17-6-5-10(8-16)9-17/h2-3,7,10,14H,1,4-6,8-9,16H2. The third kappa shape index (κ3) is 1.98. The minimum Gasteiger partial charge on any atom is -0.330 e. The van der Waals surface area contributed by atoms with Gasteiger partial charge in [0.2, 0.25) is 0 Å². The number of nitrogens with two attached hydrogens (primary N) is 1. The first-order chi connectivity index (χ1) is 8.28. The van der Waals surface area contributed by atoms with Crippen molar-refractivity contribution >= 4 is 0 Å². The van der Waals surface area contributed by atoms with Crippen LogP contribution >= 0.6 is 0 Å². The van der Waals surface area contributed by atoms with Gasteiger partial charge in [-0.15, -0.1) is 0 Å². The van der Waals surface area contributed by atoms with Crippen molar-refractivity contribution in [2.75, 3.05) is 19.6 Å². The first-order valence-electron chi connectivity index (χ1n) is 6.50. The summed E-state index contributed by atoms with van der Waals surface area (Å²) < 4.78 is 13.2. The van der Waals surface area contributed by atoms with E-state index in [1.165, 1.54) is 17.5 Å². The molecule has 1 aliphatic heterocycles. The van der Waals surface area contributed by atoms with E-state index in [9.17, 15) is 4.39 Å². The number of rotatable bonds is 2. The quantitative estimate of drug-likeness (QED) is 0.849. The van der Waals surface area contributed by atoms with Crippen LogP contribution in [-0.2, 0) is 6.42 Å². The van der Waals surface area contributed by atoms with Gasteiger partial charge in [0, 0.05) is 12.6 Å². The van der Waals surface area contributed by atoms with Crippen LogP contribution in [0.5, 0.6) is 0 Å². The van der Waals surface area contributed by atoms with Gasteiger partial charge in [0.25, 0.3) is 0 Å². The van der Waals surface area contributed by atoms with Gasteiger partial charge in [0.15, 0.2) is 0 Å². The van der Waals surface area contributed by atoms with Crippen LogP contribution in [-0.4, -0.2) is 24.5 Å². The second kappa shape index (κ2) is 4.39. The fourth-order valence-corrected chi connectivity index (χ4v) is 3.28. The van der Waals surface area contributed by atoms with E-state index in [0.29, 0.717) is 12.0 Å². The summed E-state index contributed by atoms with van der Waals surface area (Å²) in [5, 5.41) is 0. The molecule has 1 saturated heterocycles. The molecule has 2 atom stereocenters. The molecule has 3 heteroatoms. The van der Waals surface area contributed by atoms with Crippen LogP contribution < -0.4 is 5.73 Å². The second-order valence-electron chi connectivity index (χ2n) is 5.28. The molecule has 1 aromatic rings. The van der Waals surface area contributed by atoms with Crippen LogP contribution in [0.4, 0.5) is 4.39 Å². The van der Waals surface area contributed by atoms with Crippen molar-refractivity contribution in [2.45, 2.75) is 25.3 Å². The summed E-state index contributed by atoms with van der Waals surface area (Å²) in [5.74, 6) is 0.546. The summed E-state index contributed by atoms with van der Waals surface area (Å²) in [4.78, 5) is 2.53. The molecule has 1 aromatic carbocycles. The van der Waals surface area contributed by atoms with E-state index in [0.717, 1.165) is 32.5 Å². The summed E-state index contributed by atoms with van der Waals surface area (Å²) in [6.07, 6.45) is 3.36. The van der Waals surface area contributed by atoms with E-state index in [4.69, 9.17) is 5.73 Å². The first-order valence-corrected chi connectivity index (χ1v) is 6.50. The van der Waals surface area contributed by atoms with Crippen LogP contribution in [0, 0.1) is 11.7 Å². The Morgan fingerprint density at radius 1 is 1.35 bits per heavy atom. The minimum atomic E-state index is -0.106. The lowest BCUT2D eigenvalue weighted by atomic mass is 10.1. The van der Waals surface area contributed by atoms with Crippen molar-refractivity contribution in [3.05, 3.63) is 35.1 Å². The maximum absolute atomic E-state index is 13.2. The molecule has 2 aliphatic rings. The van der Waals surface area contributed by atoms with Gasteiger partial charge in [0.05, 0.1) is 0 Å². The summed E-state index contributed by atoms with van der Waals surface area (Å²) >= 11 is 0. The molecule has 1 aliphatic carbocycles. The average Bonchev–Trinajstić information content (AvgIpc) is 2.93. The number of nitrogens with zero attached hydrogens (tertiary/aromatic N) is 1. The van der Waals surface area contributed by atoms with Crippen LogP contribution in [0.2, 0.25) is 0 Å². The number of hydrogen-bond donors (Lipinski definition) is 1. The monoisotopic (exact) mass is 234 g/mol. The summed E-state index contributed by atoms with van der Waals surface area (Å²) in [6, 6.07) is 5.76. The Labute approximate surface area is 102 Å². The third-order valence-corrected chi connectivity index (χ3v) is 4.24. The van der Waals surface area contributed by atoms with Crippen LogP contribution in [0.3, 0.4) is 0 Å². The second-order valence-corrected chi connectivity index (χ2v) is 5.28. The van der Waals surface area contributed by atoms with Crippen LogP contribution in [0.15, 0.2) is 18.2 Å². The molecular weight excluding hydrogens is 215 g/mol. The van der Waals surface area contributed by atoms with Crippen molar-refractivity contribution in [2.24, 2.45) is 11.7 Å². The minimum absolute atomic E-state index is 0.106. The van der Waals surface area contributed by atoms with Gasteiger partial charge in [-0.25, -0.2) is 4.39 Å². The van der Waals surface area contributed by atoms with Crippen molar-refractivity contribution in [3.63, 3.8) is 0 Å². The molecule has 0 spiro atoms. The van der Waals surface area contributed by atoms with Gasteiger partial charge in [-0.2, -0.15) is 0 Å².